The maximum atomic E-state index is 14.3. The Kier molecular flexibility index (Phi) is 7.25. The van der Waals surface area contributed by atoms with Crippen molar-refractivity contribution in [2.24, 2.45) is 7.05 Å². The molecule has 0 atom stereocenters. The monoisotopic (exact) mass is 427 g/mol. The van der Waals surface area contributed by atoms with Gasteiger partial charge in [0, 0.05) is 0 Å². The molecular formula is C16H17AsFN2O4S. The summed E-state index contributed by atoms with van der Waals surface area (Å²) < 4.78 is 16.6. The van der Waals surface area contributed by atoms with Crippen LogP contribution < -0.4 is 19.9 Å². The average molecular weight is 427 g/mol. The normalized spacial score (nSPS) is 11.2. The first-order chi connectivity index (χ1) is 12.0. The summed E-state index contributed by atoms with van der Waals surface area (Å²) in [4.78, 5) is 29.8. The standard InChI is InChI=1S/C16H17AsFN2O4S/c1-20-14(22)6-4-11(16(23)19-24-8-7-21)15(20)17-12-5-3-10(25-2)9-13(12)18/h3-6,9,21H,7-8H2,1-2H3,(H,19,23). The fourth-order valence-corrected chi connectivity index (χ4v) is 4.70. The number of thioether (sulfide) groups is 1. The topological polar surface area (TPSA) is 80.6 Å². The second-order valence-corrected chi connectivity index (χ2v) is 8.15. The molecule has 0 saturated carbocycles. The minimum absolute atomic E-state index is 0.0503. The number of amides is 1. The van der Waals surface area contributed by atoms with Crippen molar-refractivity contribution in [1.82, 2.24) is 10.0 Å². The van der Waals surface area contributed by atoms with Crippen LogP contribution in [-0.4, -0.2) is 50.8 Å². The van der Waals surface area contributed by atoms with E-state index in [0.717, 1.165) is 4.90 Å². The number of nitrogens with zero attached hydrogens (tertiary/aromatic N) is 1. The van der Waals surface area contributed by atoms with Crippen LogP contribution in [-0.2, 0) is 11.9 Å². The van der Waals surface area contributed by atoms with E-state index in [1.807, 2.05) is 12.3 Å². The fraction of sp³-hybridized carbons (Fsp3) is 0.250. The van der Waals surface area contributed by atoms with Gasteiger partial charge in [-0.25, -0.2) is 0 Å². The van der Waals surface area contributed by atoms with Crippen LogP contribution in [0.2, 0.25) is 0 Å². The van der Waals surface area contributed by atoms with E-state index < -0.39 is 21.7 Å². The number of carbonyl (C=O) groups is 1. The first kappa shape index (κ1) is 19.7. The number of carbonyl (C=O) groups excluding carboxylic acids is 1. The van der Waals surface area contributed by atoms with Gasteiger partial charge in [0.05, 0.1) is 0 Å². The molecule has 9 heteroatoms. The van der Waals surface area contributed by atoms with E-state index in [4.69, 9.17) is 9.94 Å². The van der Waals surface area contributed by atoms with Crippen molar-refractivity contribution in [3.8, 4) is 0 Å². The molecule has 1 heterocycles. The van der Waals surface area contributed by atoms with Crippen LogP contribution in [0.15, 0.2) is 40.0 Å². The van der Waals surface area contributed by atoms with Gasteiger partial charge in [0.15, 0.2) is 0 Å². The zero-order valence-corrected chi connectivity index (χ0v) is 16.3. The first-order valence-electron chi connectivity index (χ1n) is 7.26. The Morgan fingerprint density at radius 1 is 1.40 bits per heavy atom. The molecule has 0 saturated heterocycles. The Labute approximate surface area is 155 Å². The summed E-state index contributed by atoms with van der Waals surface area (Å²) in [5.74, 6) is -0.901. The van der Waals surface area contributed by atoms with Gasteiger partial charge in [-0.05, 0) is 0 Å². The quantitative estimate of drug-likeness (QED) is 0.271. The molecule has 0 unspecified atom stereocenters. The zero-order valence-electron chi connectivity index (χ0n) is 13.7. The third-order valence-corrected chi connectivity index (χ3v) is 6.84. The van der Waals surface area contributed by atoms with Gasteiger partial charge >= 0.3 is 155 Å². The second kappa shape index (κ2) is 9.19. The Bertz CT molecular complexity index is 828. The number of halogens is 1. The summed E-state index contributed by atoms with van der Waals surface area (Å²) in [5.41, 5.74) is 2.17. The summed E-state index contributed by atoms with van der Waals surface area (Å²) in [6.45, 7) is -0.287. The number of rotatable bonds is 7. The third-order valence-electron chi connectivity index (χ3n) is 3.27. The van der Waals surface area contributed by atoms with Gasteiger partial charge in [-0.1, -0.05) is 0 Å². The van der Waals surface area contributed by atoms with Gasteiger partial charge < -0.3 is 0 Å². The van der Waals surface area contributed by atoms with E-state index in [-0.39, 0.29) is 30.2 Å². The summed E-state index contributed by atoms with van der Waals surface area (Å²) in [5, 5.41) is 8.69. The molecule has 0 fully saturated rings. The summed E-state index contributed by atoms with van der Waals surface area (Å²) in [7, 11) is 1.55. The Morgan fingerprint density at radius 3 is 2.80 bits per heavy atom. The summed E-state index contributed by atoms with van der Waals surface area (Å²) in [6, 6.07) is 7.62. The molecule has 1 radical (unpaired) electrons. The van der Waals surface area contributed by atoms with E-state index in [9.17, 15) is 14.0 Å². The fourth-order valence-electron chi connectivity index (χ4n) is 1.98. The van der Waals surface area contributed by atoms with E-state index >= 15 is 0 Å². The van der Waals surface area contributed by atoms with Crippen molar-refractivity contribution in [3.05, 3.63) is 52.1 Å². The number of hydroxylamine groups is 1. The van der Waals surface area contributed by atoms with E-state index in [2.05, 4.69) is 5.48 Å². The van der Waals surface area contributed by atoms with Gasteiger partial charge in [-0.2, -0.15) is 0 Å². The predicted octanol–water partition coefficient (Wildman–Crippen LogP) is -0.445. The van der Waals surface area contributed by atoms with Gasteiger partial charge in [-0.15, -0.1) is 0 Å². The Balaban J connectivity index is 2.37. The van der Waals surface area contributed by atoms with Crippen LogP contribution in [0.4, 0.5) is 4.39 Å². The van der Waals surface area contributed by atoms with Gasteiger partial charge in [0.1, 0.15) is 0 Å². The van der Waals surface area contributed by atoms with E-state index in [1.54, 1.807) is 13.1 Å². The van der Waals surface area contributed by atoms with Crippen LogP contribution in [0.25, 0.3) is 0 Å². The number of nitrogens with one attached hydrogen (secondary N) is 1. The number of pyridine rings is 1. The van der Waals surface area contributed by atoms with Crippen molar-refractivity contribution in [3.63, 3.8) is 0 Å². The minimum atomic E-state index is -0.936. The molecule has 0 bridgehead atoms. The Morgan fingerprint density at radius 2 is 2.16 bits per heavy atom. The van der Waals surface area contributed by atoms with Crippen molar-refractivity contribution < 1.29 is 19.1 Å². The summed E-state index contributed by atoms with van der Waals surface area (Å²) in [6.07, 6.45) is 1.86. The molecule has 1 amide bonds. The number of aliphatic hydroxyl groups is 1. The van der Waals surface area contributed by atoms with Crippen LogP contribution in [0, 0.1) is 5.82 Å². The SMILES string of the molecule is CSc1ccc([As]c2c(C(=O)NOCCO)ccc(=O)n2C)c(F)c1. The molecule has 0 aliphatic carbocycles. The molecule has 2 N–H and O–H groups in total. The number of aromatic nitrogens is 1. The number of aliphatic hydroxyl groups excluding tert-OH is 1. The van der Waals surface area contributed by atoms with Crippen LogP contribution in [0.5, 0.6) is 0 Å². The molecule has 0 aliphatic rings. The molecule has 6 nitrogen and oxygen atoms in total. The van der Waals surface area contributed by atoms with E-state index in [0.29, 0.717) is 8.83 Å². The van der Waals surface area contributed by atoms with Crippen molar-refractivity contribution in [2.75, 3.05) is 19.5 Å². The third kappa shape index (κ3) is 4.95. The Hall–Kier alpha value is -1.60. The van der Waals surface area contributed by atoms with Crippen LogP contribution in [0.3, 0.4) is 0 Å². The number of hydrogen-bond acceptors (Lipinski definition) is 5. The van der Waals surface area contributed by atoms with Crippen LogP contribution in [0.1, 0.15) is 10.4 Å². The molecule has 2 rings (SSSR count). The van der Waals surface area contributed by atoms with Crippen molar-refractivity contribution >= 4 is 42.3 Å². The molecule has 1 aromatic heterocycles. The maximum absolute atomic E-state index is 14.3. The average Bonchev–Trinajstić information content (AvgIpc) is 2.60. The van der Waals surface area contributed by atoms with Gasteiger partial charge in [-0.3, -0.25) is 0 Å². The molecule has 0 spiro atoms. The summed E-state index contributed by atoms with van der Waals surface area (Å²) >= 11 is 0.501. The van der Waals surface area contributed by atoms with Gasteiger partial charge in [0.2, 0.25) is 0 Å². The molecule has 2 aromatic rings. The number of benzene rings is 1. The van der Waals surface area contributed by atoms with Gasteiger partial charge in [0.25, 0.3) is 0 Å². The van der Waals surface area contributed by atoms with E-state index in [1.165, 1.54) is 34.5 Å². The first-order valence-corrected chi connectivity index (χ1v) is 10.4. The molecule has 1 aromatic carbocycles. The second-order valence-electron chi connectivity index (χ2n) is 4.90. The molecule has 25 heavy (non-hydrogen) atoms. The molecule has 133 valence electrons. The van der Waals surface area contributed by atoms with Crippen molar-refractivity contribution in [1.29, 1.82) is 0 Å². The predicted molar refractivity (Wildman–Crippen MR) is 95.4 cm³/mol. The number of hydrogen-bond donors (Lipinski definition) is 2. The van der Waals surface area contributed by atoms with Crippen molar-refractivity contribution in [2.45, 2.75) is 4.90 Å². The zero-order chi connectivity index (χ0) is 18.4. The molecule has 0 aliphatic heterocycles. The van der Waals surface area contributed by atoms with Crippen LogP contribution >= 0.6 is 11.8 Å². The molecular weight excluding hydrogens is 410 g/mol.